The summed E-state index contributed by atoms with van der Waals surface area (Å²) in [6, 6.07) is 11.4. The monoisotopic (exact) mass is 407 g/mol. The molecule has 1 aromatic heterocycles. The van der Waals surface area contributed by atoms with Crippen LogP contribution in [0, 0.1) is 17.1 Å². The van der Waals surface area contributed by atoms with E-state index >= 15 is 0 Å². The van der Waals surface area contributed by atoms with Crippen LogP contribution in [0.3, 0.4) is 0 Å². The summed E-state index contributed by atoms with van der Waals surface area (Å²) < 4.78 is 23.8. The van der Waals surface area contributed by atoms with Crippen LogP contribution < -0.4 is 14.8 Å². The summed E-state index contributed by atoms with van der Waals surface area (Å²) in [6.45, 7) is 1.55. The van der Waals surface area contributed by atoms with Crippen LogP contribution >= 0.6 is 11.3 Å². The number of nitriles is 1. The second-order valence-electron chi connectivity index (χ2n) is 6.17. The fourth-order valence-electron chi connectivity index (χ4n) is 2.80. The number of anilines is 1. The number of fused-ring (bicyclic) bond motifs is 1. The van der Waals surface area contributed by atoms with E-state index in [1.165, 1.54) is 36.6 Å². The molecule has 0 bridgehead atoms. The highest BCUT2D eigenvalue weighted by Crippen LogP contribution is 2.37. The number of Topliss-reactive ketones (excluding diaryl/α,β-unsaturated/α-hetero) is 1. The van der Waals surface area contributed by atoms with Crippen LogP contribution in [-0.4, -0.2) is 17.6 Å². The smallest absolute Gasteiger partial charge is 0.231 e. The van der Waals surface area contributed by atoms with Crippen molar-refractivity contribution in [1.82, 2.24) is 4.98 Å². The average Bonchev–Trinajstić information content (AvgIpc) is 3.37. The molecule has 3 aromatic rings. The molecule has 0 spiro atoms. The number of carbonyl (C=O) groups excluding carboxylic acids is 1. The van der Waals surface area contributed by atoms with Crippen LogP contribution in [-0.2, 0) is 0 Å². The Kier molecular flexibility index (Phi) is 4.97. The standard InChI is InChI=1S/C21H14FN3O3S/c1-12(26)16-6-19-20(28-11-27-19)7-17(16)24-9-14(8-23)21-25-18(10-29-21)13-2-4-15(22)5-3-13/h2-7,9-10,24H,11H2,1H3/b14-9+. The first-order valence-corrected chi connectivity index (χ1v) is 9.46. The minimum atomic E-state index is -0.323. The first-order chi connectivity index (χ1) is 14.0. The topological polar surface area (TPSA) is 84.2 Å². The third kappa shape index (κ3) is 3.81. The normalized spacial score (nSPS) is 12.5. The lowest BCUT2D eigenvalue weighted by atomic mass is 10.1. The van der Waals surface area contributed by atoms with E-state index in [0.717, 1.165) is 5.56 Å². The van der Waals surface area contributed by atoms with E-state index in [1.807, 2.05) is 0 Å². The number of ether oxygens (including phenoxy) is 2. The Morgan fingerprint density at radius 2 is 2.00 bits per heavy atom. The number of hydrogen-bond acceptors (Lipinski definition) is 7. The van der Waals surface area contributed by atoms with Crippen LogP contribution in [0.2, 0.25) is 0 Å². The summed E-state index contributed by atoms with van der Waals surface area (Å²) in [6.07, 6.45) is 1.50. The lowest BCUT2D eigenvalue weighted by Gasteiger charge is -2.08. The number of ketones is 1. The van der Waals surface area contributed by atoms with Gasteiger partial charge in [0.25, 0.3) is 0 Å². The largest absolute Gasteiger partial charge is 0.454 e. The molecule has 1 aliphatic heterocycles. The minimum Gasteiger partial charge on any atom is -0.454 e. The van der Waals surface area contributed by atoms with Crippen molar-refractivity contribution in [1.29, 1.82) is 5.26 Å². The lowest BCUT2D eigenvalue weighted by molar-refractivity contribution is 0.101. The first kappa shape index (κ1) is 18.7. The van der Waals surface area contributed by atoms with Gasteiger partial charge in [-0.05, 0) is 37.3 Å². The van der Waals surface area contributed by atoms with Crippen molar-refractivity contribution >= 4 is 28.4 Å². The Bertz CT molecular complexity index is 1160. The molecule has 2 aromatic carbocycles. The maximum atomic E-state index is 13.1. The molecule has 6 nitrogen and oxygen atoms in total. The van der Waals surface area contributed by atoms with Crippen molar-refractivity contribution in [2.24, 2.45) is 0 Å². The molecule has 1 aliphatic rings. The third-order valence-corrected chi connectivity index (χ3v) is 5.13. The lowest BCUT2D eigenvalue weighted by Crippen LogP contribution is -2.00. The molecule has 0 saturated carbocycles. The van der Waals surface area contributed by atoms with Crippen molar-refractivity contribution in [3.05, 3.63) is 64.4 Å². The van der Waals surface area contributed by atoms with E-state index in [9.17, 15) is 14.4 Å². The number of halogens is 1. The Balaban J connectivity index is 1.62. The molecule has 0 fully saturated rings. The van der Waals surface area contributed by atoms with E-state index in [4.69, 9.17) is 9.47 Å². The van der Waals surface area contributed by atoms with Gasteiger partial charge >= 0.3 is 0 Å². The van der Waals surface area contributed by atoms with Gasteiger partial charge in [-0.1, -0.05) is 0 Å². The maximum Gasteiger partial charge on any atom is 0.231 e. The molecule has 1 N–H and O–H groups in total. The molecule has 0 aliphatic carbocycles. The molecule has 144 valence electrons. The van der Waals surface area contributed by atoms with Crippen molar-refractivity contribution < 1.29 is 18.7 Å². The second kappa shape index (κ2) is 7.73. The van der Waals surface area contributed by atoms with Crippen molar-refractivity contribution in [2.75, 3.05) is 12.1 Å². The zero-order valence-corrected chi connectivity index (χ0v) is 16.0. The number of hydrogen-bond donors (Lipinski definition) is 1. The van der Waals surface area contributed by atoms with Gasteiger partial charge in [0.1, 0.15) is 22.5 Å². The summed E-state index contributed by atoms with van der Waals surface area (Å²) in [5.41, 5.74) is 2.64. The second-order valence-corrected chi connectivity index (χ2v) is 7.02. The fraction of sp³-hybridized carbons (Fsp3) is 0.0952. The highest BCUT2D eigenvalue weighted by molar-refractivity contribution is 7.11. The van der Waals surface area contributed by atoms with Crippen molar-refractivity contribution in [3.63, 3.8) is 0 Å². The molecule has 4 rings (SSSR count). The molecule has 0 saturated heterocycles. The van der Waals surface area contributed by atoms with E-state index in [0.29, 0.717) is 39.0 Å². The summed E-state index contributed by atoms with van der Waals surface area (Å²) in [4.78, 5) is 16.4. The number of aromatic nitrogens is 1. The summed E-state index contributed by atoms with van der Waals surface area (Å²) in [7, 11) is 0. The molecule has 0 unspecified atom stereocenters. The summed E-state index contributed by atoms with van der Waals surface area (Å²) >= 11 is 1.30. The molecule has 0 radical (unpaired) electrons. The quantitative estimate of drug-likeness (QED) is 0.480. The number of allylic oxidation sites excluding steroid dienone is 1. The van der Waals surface area contributed by atoms with Gasteiger partial charge in [-0.2, -0.15) is 5.26 Å². The Hall–Kier alpha value is -3.70. The Morgan fingerprint density at radius 1 is 1.28 bits per heavy atom. The number of nitrogens with one attached hydrogen (secondary N) is 1. The number of carbonyl (C=O) groups is 1. The van der Waals surface area contributed by atoms with Gasteiger partial charge in [0, 0.05) is 28.8 Å². The van der Waals surface area contributed by atoms with Gasteiger partial charge in [-0.15, -0.1) is 11.3 Å². The molecule has 2 heterocycles. The van der Waals surface area contributed by atoms with Gasteiger partial charge in [0.05, 0.1) is 11.4 Å². The predicted molar refractivity (Wildman–Crippen MR) is 107 cm³/mol. The SMILES string of the molecule is CC(=O)c1cc2c(cc1N/C=C(\C#N)c1nc(-c3ccc(F)cc3)cs1)OCO2. The summed E-state index contributed by atoms with van der Waals surface area (Å²) in [5.74, 6) is 0.563. The fourth-order valence-corrected chi connectivity index (χ4v) is 3.59. The molecule has 29 heavy (non-hydrogen) atoms. The Labute approximate surface area is 169 Å². The van der Waals surface area contributed by atoms with Crippen LogP contribution in [0.15, 0.2) is 48.0 Å². The molecule has 0 amide bonds. The van der Waals surface area contributed by atoms with Gasteiger partial charge < -0.3 is 14.8 Å². The molecule has 8 heteroatoms. The van der Waals surface area contributed by atoms with Crippen LogP contribution in [0.4, 0.5) is 10.1 Å². The third-order valence-electron chi connectivity index (χ3n) is 4.26. The average molecular weight is 407 g/mol. The van der Waals surface area contributed by atoms with E-state index in [2.05, 4.69) is 16.4 Å². The number of nitrogens with zero attached hydrogens (tertiary/aromatic N) is 2. The van der Waals surface area contributed by atoms with E-state index in [1.54, 1.807) is 29.6 Å². The van der Waals surface area contributed by atoms with E-state index in [-0.39, 0.29) is 18.4 Å². The molecular formula is C21H14FN3O3S. The Morgan fingerprint density at radius 3 is 2.69 bits per heavy atom. The van der Waals surface area contributed by atoms with E-state index < -0.39 is 0 Å². The van der Waals surface area contributed by atoms with Crippen LogP contribution in [0.1, 0.15) is 22.3 Å². The zero-order valence-electron chi connectivity index (χ0n) is 15.2. The predicted octanol–water partition coefficient (Wildman–Crippen LogP) is 4.86. The van der Waals surface area contributed by atoms with Gasteiger partial charge in [0.15, 0.2) is 17.3 Å². The number of thiazole rings is 1. The number of benzene rings is 2. The highest BCUT2D eigenvalue weighted by atomic mass is 32.1. The molecular weight excluding hydrogens is 393 g/mol. The van der Waals surface area contributed by atoms with Crippen LogP contribution in [0.5, 0.6) is 11.5 Å². The first-order valence-electron chi connectivity index (χ1n) is 8.58. The molecule has 0 atom stereocenters. The van der Waals surface area contributed by atoms with Gasteiger partial charge in [-0.3, -0.25) is 4.79 Å². The maximum absolute atomic E-state index is 13.1. The highest BCUT2D eigenvalue weighted by Gasteiger charge is 2.19. The van der Waals surface area contributed by atoms with Gasteiger partial charge in [0.2, 0.25) is 6.79 Å². The van der Waals surface area contributed by atoms with Gasteiger partial charge in [-0.25, -0.2) is 9.37 Å². The van der Waals surface area contributed by atoms with Crippen LogP contribution in [0.25, 0.3) is 16.8 Å². The van der Waals surface area contributed by atoms with Crippen molar-refractivity contribution in [3.8, 4) is 28.8 Å². The number of rotatable bonds is 5. The minimum absolute atomic E-state index is 0.0979. The van der Waals surface area contributed by atoms with Crippen molar-refractivity contribution in [2.45, 2.75) is 6.92 Å². The zero-order chi connectivity index (χ0) is 20.4. The summed E-state index contributed by atoms with van der Waals surface area (Å²) in [5, 5.41) is 14.9.